The number of benzene rings is 1. The molecule has 1 heterocycles. The molecule has 0 aliphatic carbocycles. The van der Waals surface area contributed by atoms with Crippen molar-refractivity contribution in [3.8, 4) is 5.75 Å². The monoisotopic (exact) mass is 273 g/mol. The molecule has 1 atom stereocenters. The van der Waals surface area contributed by atoms with Crippen molar-refractivity contribution in [3.63, 3.8) is 0 Å². The normalized spacial score (nSPS) is 12.4. The Morgan fingerprint density at radius 2 is 2.15 bits per heavy atom. The van der Waals surface area contributed by atoms with Gasteiger partial charge in [-0.2, -0.15) is 5.10 Å². The van der Waals surface area contributed by atoms with Crippen LogP contribution in [0.3, 0.4) is 0 Å². The summed E-state index contributed by atoms with van der Waals surface area (Å²) in [7, 11) is 1.95. The van der Waals surface area contributed by atoms with Crippen molar-refractivity contribution in [2.45, 2.75) is 39.3 Å². The summed E-state index contributed by atoms with van der Waals surface area (Å²) in [5, 5.41) is 4.42. The van der Waals surface area contributed by atoms with E-state index in [4.69, 9.17) is 10.5 Å². The van der Waals surface area contributed by atoms with Gasteiger partial charge in [0.25, 0.3) is 0 Å². The van der Waals surface area contributed by atoms with E-state index < -0.39 is 0 Å². The average Bonchev–Trinajstić information content (AvgIpc) is 2.77. The van der Waals surface area contributed by atoms with Gasteiger partial charge in [0.15, 0.2) is 0 Å². The van der Waals surface area contributed by atoms with Gasteiger partial charge >= 0.3 is 0 Å². The molecule has 4 nitrogen and oxygen atoms in total. The molecule has 0 amide bonds. The summed E-state index contributed by atoms with van der Waals surface area (Å²) in [6.45, 7) is 4.64. The zero-order valence-corrected chi connectivity index (χ0v) is 12.5. The van der Waals surface area contributed by atoms with Gasteiger partial charge in [-0.3, -0.25) is 4.68 Å². The molecule has 0 aliphatic rings. The van der Waals surface area contributed by atoms with E-state index in [2.05, 4.69) is 30.2 Å². The first-order valence-electron chi connectivity index (χ1n) is 7.07. The van der Waals surface area contributed by atoms with Crippen LogP contribution in [-0.4, -0.2) is 15.8 Å². The van der Waals surface area contributed by atoms with Crippen LogP contribution in [0.25, 0.3) is 0 Å². The van der Waals surface area contributed by atoms with Crippen molar-refractivity contribution >= 4 is 0 Å². The number of hydrogen-bond donors (Lipinski definition) is 1. The Labute approximate surface area is 120 Å². The Balaban J connectivity index is 2.01. The van der Waals surface area contributed by atoms with Crippen LogP contribution in [0.2, 0.25) is 0 Å². The van der Waals surface area contributed by atoms with E-state index in [1.807, 2.05) is 30.8 Å². The van der Waals surface area contributed by atoms with Crippen LogP contribution in [0.5, 0.6) is 5.75 Å². The highest BCUT2D eigenvalue weighted by atomic mass is 16.5. The molecule has 4 heteroatoms. The number of aromatic nitrogens is 2. The average molecular weight is 273 g/mol. The molecule has 0 saturated heterocycles. The molecule has 2 N–H and O–H groups in total. The highest BCUT2D eigenvalue weighted by molar-refractivity contribution is 5.29. The zero-order chi connectivity index (χ0) is 14.5. The minimum Gasteiger partial charge on any atom is -0.487 e. The molecule has 0 saturated carbocycles. The van der Waals surface area contributed by atoms with Gasteiger partial charge in [-0.25, -0.2) is 0 Å². The second-order valence-electron chi connectivity index (χ2n) is 5.22. The first kappa shape index (κ1) is 14.6. The van der Waals surface area contributed by atoms with Crippen LogP contribution in [0.4, 0.5) is 0 Å². The van der Waals surface area contributed by atoms with Crippen LogP contribution in [-0.2, 0) is 26.5 Å². The second-order valence-corrected chi connectivity index (χ2v) is 5.22. The maximum atomic E-state index is 5.85. The van der Waals surface area contributed by atoms with Crippen LogP contribution in [0.15, 0.2) is 30.3 Å². The maximum absolute atomic E-state index is 5.85. The van der Waals surface area contributed by atoms with E-state index in [1.54, 1.807) is 0 Å². The van der Waals surface area contributed by atoms with Crippen molar-refractivity contribution in [3.05, 3.63) is 47.3 Å². The molecule has 2 aromatic rings. The van der Waals surface area contributed by atoms with Crippen LogP contribution < -0.4 is 10.5 Å². The number of rotatable bonds is 6. The molecule has 1 unspecified atom stereocenters. The van der Waals surface area contributed by atoms with E-state index in [-0.39, 0.29) is 6.04 Å². The lowest BCUT2D eigenvalue weighted by Crippen LogP contribution is -2.17. The third kappa shape index (κ3) is 3.84. The standard InChI is InChI=1S/C16H23N3O/c1-4-14-10-15(19(3)18-14)11-20-16-7-5-6-13(9-16)8-12(2)17/h5-7,9-10,12H,4,8,11,17H2,1-3H3. The second kappa shape index (κ2) is 6.57. The Bertz CT molecular complexity index is 561. The van der Waals surface area contributed by atoms with Crippen LogP contribution >= 0.6 is 0 Å². The lowest BCUT2D eigenvalue weighted by molar-refractivity contribution is 0.294. The van der Waals surface area contributed by atoms with Crippen molar-refractivity contribution < 1.29 is 4.74 Å². The predicted molar refractivity (Wildman–Crippen MR) is 80.7 cm³/mol. The van der Waals surface area contributed by atoms with Gasteiger partial charge in [0, 0.05) is 13.1 Å². The Hall–Kier alpha value is -1.81. The van der Waals surface area contributed by atoms with Crippen molar-refractivity contribution in [1.82, 2.24) is 9.78 Å². The highest BCUT2D eigenvalue weighted by Gasteiger charge is 2.05. The molecule has 1 aromatic carbocycles. The van der Waals surface area contributed by atoms with Gasteiger partial charge < -0.3 is 10.5 Å². The van der Waals surface area contributed by atoms with Crippen molar-refractivity contribution in [1.29, 1.82) is 0 Å². The highest BCUT2D eigenvalue weighted by Crippen LogP contribution is 2.16. The first-order chi connectivity index (χ1) is 9.58. The van der Waals surface area contributed by atoms with Crippen LogP contribution in [0.1, 0.15) is 30.8 Å². The number of hydrogen-bond acceptors (Lipinski definition) is 3. The number of aryl methyl sites for hydroxylation is 2. The smallest absolute Gasteiger partial charge is 0.130 e. The zero-order valence-electron chi connectivity index (χ0n) is 12.5. The quantitative estimate of drug-likeness (QED) is 0.879. The predicted octanol–water partition coefficient (Wildman–Crippen LogP) is 2.45. The maximum Gasteiger partial charge on any atom is 0.130 e. The SMILES string of the molecule is CCc1cc(COc2cccc(CC(C)N)c2)n(C)n1. The summed E-state index contributed by atoms with van der Waals surface area (Å²) >= 11 is 0. The van der Waals surface area contributed by atoms with E-state index in [9.17, 15) is 0 Å². The topological polar surface area (TPSA) is 53.1 Å². The molecule has 0 aliphatic heterocycles. The largest absolute Gasteiger partial charge is 0.487 e. The van der Waals surface area contributed by atoms with Gasteiger partial charge in [0.1, 0.15) is 12.4 Å². The summed E-state index contributed by atoms with van der Waals surface area (Å²) in [5.74, 6) is 0.877. The summed E-state index contributed by atoms with van der Waals surface area (Å²) < 4.78 is 7.73. The molecule has 20 heavy (non-hydrogen) atoms. The molecule has 108 valence electrons. The van der Waals surface area contributed by atoms with Crippen molar-refractivity contribution in [2.24, 2.45) is 12.8 Å². The minimum absolute atomic E-state index is 0.162. The molecule has 0 spiro atoms. The number of ether oxygens (including phenoxy) is 1. The summed E-state index contributed by atoms with van der Waals surface area (Å²) in [6.07, 6.45) is 1.81. The lowest BCUT2D eigenvalue weighted by atomic mass is 10.1. The fourth-order valence-electron chi connectivity index (χ4n) is 2.17. The van der Waals surface area contributed by atoms with Gasteiger partial charge in [0.05, 0.1) is 11.4 Å². The van der Waals surface area contributed by atoms with Gasteiger partial charge in [-0.1, -0.05) is 19.1 Å². The minimum atomic E-state index is 0.162. The van der Waals surface area contributed by atoms with Gasteiger partial charge in [-0.05, 0) is 43.5 Å². The summed E-state index contributed by atoms with van der Waals surface area (Å²) in [6, 6.07) is 10.4. The molecule has 0 radical (unpaired) electrons. The Kier molecular flexibility index (Phi) is 4.79. The van der Waals surface area contributed by atoms with E-state index in [0.29, 0.717) is 6.61 Å². The Morgan fingerprint density at radius 3 is 2.80 bits per heavy atom. The van der Waals surface area contributed by atoms with Gasteiger partial charge in [-0.15, -0.1) is 0 Å². The van der Waals surface area contributed by atoms with Gasteiger partial charge in [0.2, 0.25) is 0 Å². The summed E-state index contributed by atoms with van der Waals surface area (Å²) in [5.41, 5.74) is 9.21. The molecular weight excluding hydrogens is 250 g/mol. The van der Waals surface area contributed by atoms with E-state index in [1.165, 1.54) is 5.56 Å². The molecular formula is C16H23N3O. The van der Waals surface area contributed by atoms with E-state index in [0.717, 1.165) is 30.0 Å². The number of nitrogens with two attached hydrogens (primary N) is 1. The van der Waals surface area contributed by atoms with Crippen LogP contribution in [0, 0.1) is 0 Å². The first-order valence-corrected chi connectivity index (χ1v) is 7.07. The molecule has 1 aromatic heterocycles. The molecule has 0 fully saturated rings. The number of nitrogens with zero attached hydrogens (tertiary/aromatic N) is 2. The van der Waals surface area contributed by atoms with E-state index >= 15 is 0 Å². The fourth-order valence-corrected chi connectivity index (χ4v) is 2.17. The third-order valence-corrected chi connectivity index (χ3v) is 3.23. The third-order valence-electron chi connectivity index (χ3n) is 3.23. The molecule has 0 bridgehead atoms. The van der Waals surface area contributed by atoms with Crippen molar-refractivity contribution in [2.75, 3.05) is 0 Å². The Morgan fingerprint density at radius 1 is 1.35 bits per heavy atom. The fraction of sp³-hybridized carbons (Fsp3) is 0.438. The summed E-state index contributed by atoms with van der Waals surface area (Å²) in [4.78, 5) is 0. The lowest BCUT2D eigenvalue weighted by Gasteiger charge is -2.09. The molecule has 2 rings (SSSR count).